The van der Waals surface area contributed by atoms with Crippen molar-refractivity contribution >= 4 is 11.6 Å². The van der Waals surface area contributed by atoms with Gasteiger partial charge in [0.15, 0.2) is 0 Å². The molecule has 1 aromatic rings. The summed E-state index contributed by atoms with van der Waals surface area (Å²) in [7, 11) is 0. The van der Waals surface area contributed by atoms with Crippen molar-refractivity contribution in [3.8, 4) is 5.75 Å². The molecule has 20 heavy (non-hydrogen) atoms. The van der Waals surface area contributed by atoms with Crippen LogP contribution < -0.4 is 5.32 Å². The number of benzene rings is 1. The van der Waals surface area contributed by atoms with Gasteiger partial charge in [0.05, 0.1) is 11.0 Å². The molecule has 1 heterocycles. The summed E-state index contributed by atoms with van der Waals surface area (Å²) in [5.41, 5.74) is -0.461. The first-order chi connectivity index (χ1) is 9.49. The molecule has 0 bridgehead atoms. The number of nitro groups is 1. The molecule has 1 saturated heterocycles. The molecular formula is C13H16N2O5. The number of carbonyl (C=O) groups is 1. The predicted octanol–water partition coefficient (Wildman–Crippen LogP) is 1.46. The molecule has 0 saturated carbocycles. The topological polar surface area (TPSA) is 102 Å². The Labute approximate surface area is 115 Å². The number of nitrogens with zero attached hydrogens (tertiary/aromatic N) is 1. The first-order valence-corrected chi connectivity index (χ1v) is 6.36. The molecule has 0 aliphatic carbocycles. The fraction of sp³-hybridized carbons (Fsp3) is 0.462. The summed E-state index contributed by atoms with van der Waals surface area (Å²) >= 11 is 0. The highest BCUT2D eigenvalue weighted by molar-refractivity contribution is 5.98. The van der Waals surface area contributed by atoms with Crippen molar-refractivity contribution < 1.29 is 19.6 Å². The third-order valence-corrected chi connectivity index (χ3v) is 3.48. The maximum atomic E-state index is 12.0. The molecule has 1 fully saturated rings. The molecule has 0 aromatic heterocycles. The predicted molar refractivity (Wildman–Crippen MR) is 70.6 cm³/mol. The Balaban J connectivity index is 2.08. The van der Waals surface area contributed by atoms with Crippen LogP contribution in [0.3, 0.4) is 0 Å². The van der Waals surface area contributed by atoms with E-state index in [2.05, 4.69) is 5.32 Å². The van der Waals surface area contributed by atoms with Gasteiger partial charge in [-0.2, -0.15) is 0 Å². The van der Waals surface area contributed by atoms with E-state index in [1.54, 1.807) is 0 Å². The second-order valence-corrected chi connectivity index (χ2v) is 4.79. The monoisotopic (exact) mass is 280 g/mol. The number of phenols is 1. The molecule has 0 radical (unpaired) electrons. The highest BCUT2D eigenvalue weighted by Crippen LogP contribution is 2.24. The van der Waals surface area contributed by atoms with E-state index in [9.17, 15) is 20.0 Å². The first kappa shape index (κ1) is 14.3. The lowest BCUT2D eigenvalue weighted by molar-refractivity contribution is -0.385. The molecule has 0 spiro atoms. The maximum Gasteiger partial charge on any atom is 0.282 e. The van der Waals surface area contributed by atoms with Crippen LogP contribution in [0.2, 0.25) is 0 Å². The van der Waals surface area contributed by atoms with Crippen molar-refractivity contribution in [2.75, 3.05) is 13.2 Å². The SMILES string of the molecule is CC1OCCC1CNC(=O)c1cc(O)ccc1[N+](=O)[O-]. The third-order valence-electron chi connectivity index (χ3n) is 3.48. The van der Waals surface area contributed by atoms with Crippen LogP contribution in [0.5, 0.6) is 5.75 Å². The van der Waals surface area contributed by atoms with Crippen LogP contribution in [0.1, 0.15) is 23.7 Å². The van der Waals surface area contributed by atoms with Gasteiger partial charge >= 0.3 is 0 Å². The maximum absolute atomic E-state index is 12.0. The molecule has 2 N–H and O–H groups in total. The van der Waals surface area contributed by atoms with Crippen LogP contribution in [0.4, 0.5) is 5.69 Å². The van der Waals surface area contributed by atoms with Gasteiger partial charge in [-0.1, -0.05) is 0 Å². The van der Waals surface area contributed by atoms with Crippen molar-refractivity contribution in [2.24, 2.45) is 5.92 Å². The number of rotatable bonds is 4. The number of nitro benzene ring substituents is 1. The van der Waals surface area contributed by atoms with E-state index in [4.69, 9.17) is 4.74 Å². The molecule has 2 unspecified atom stereocenters. The van der Waals surface area contributed by atoms with Crippen molar-refractivity contribution in [3.63, 3.8) is 0 Å². The average Bonchev–Trinajstić information content (AvgIpc) is 2.81. The Morgan fingerprint density at radius 2 is 2.35 bits per heavy atom. The normalized spacial score (nSPS) is 21.6. The highest BCUT2D eigenvalue weighted by Gasteiger charge is 2.26. The largest absolute Gasteiger partial charge is 0.508 e. The molecule has 7 nitrogen and oxygen atoms in total. The van der Waals surface area contributed by atoms with E-state index in [1.807, 2.05) is 6.92 Å². The quantitative estimate of drug-likeness (QED) is 0.642. The zero-order chi connectivity index (χ0) is 14.7. The number of aromatic hydroxyl groups is 1. The van der Waals surface area contributed by atoms with Crippen LogP contribution in [0.15, 0.2) is 18.2 Å². The average molecular weight is 280 g/mol. The number of hydrogen-bond acceptors (Lipinski definition) is 5. The smallest absolute Gasteiger partial charge is 0.282 e. The number of amides is 1. The molecule has 108 valence electrons. The second kappa shape index (κ2) is 5.87. The van der Waals surface area contributed by atoms with Gasteiger partial charge in [-0.05, 0) is 25.5 Å². The molecule has 1 aromatic carbocycles. The highest BCUT2D eigenvalue weighted by atomic mass is 16.6. The van der Waals surface area contributed by atoms with Gasteiger partial charge in [0.2, 0.25) is 0 Å². The lowest BCUT2D eigenvalue weighted by atomic mass is 10.0. The lowest BCUT2D eigenvalue weighted by Gasteiger charge is -2.14. The number of nitrogens with one attached hydrogen (secondary N) is 1. The minimum atomic E-state index is -0.643. The van der Waals surface area contributed by atoms with Crippen LogP contribution >= 0.6 is 0 Å². The summed E-state index contributed by atoms with van der Waals surface area (Å²) in [5, 5.41) is 22.9. The van der Waals surface area contributed by atoms with Crippen molar-refractivity contribution in [1.82, 2.24) is 5.32 Å². The molecule has 2 atom stereocenters. The summed E-state index contributed by atoms with van der Waals surface area (Å²) in [6.07, 6.45) is 0.915. The van der Waals surface area contributed by atoms with Crippen molar-refractivity contribution in [3.05, 3.63) is 33.9 Å². The standard InChI is InChI=1S/C13H16N2O5/c1-8-9(4-5-20-8)7-14-13(17)11-6-10(16)2-3-12(11)15(18)19/h2-3,6,8-9,16H,4-5,7H2,1H3,(H,14,17). The van der Waals surface area contributed by atoms with Gasteiger partial charge in [-0.15, -0.1) is 0 Å². The fourth-order valence-electron chi connectivity index (χ4n) is 2.23. The zero-order valence-corrected chi connectivity index (χ0v) is 11.0. The molecule has 1 aliphatic heterocycles. The molecule has 2 rings (SSSR count). The number of phenolic OH excluding ortho intramolecular Hbond substituents is 1. The van der Waals surface area contributed by atoms with E-state index in [1.165, 1.54) is 6.07 Å². The Hall–Kier alpha value is -2.15. The van der Waals surface area contributed by atoms with Gasteiger partial charge in [0, 0.05) is 25.1 Å². The summed E-state index contributed by atoms with van der Waals surface area (Å²) in [5.74, 6) is -0.541. The number of carbonyl (C=O) groups excluding carboxylic acids is 1. The van der Waals surface area contributed by atoms with E-state index in [-0.39, 0.29) is 29.0 Å². The Kier molecular flexibility index (Phi) is 4.19. The summed E-state index contributed by atoms with van der Waals surface area (Å²) < 4.78 is 5.38. The van der Waals surface area contributed by atoms with Crippen LogP contribution in [0.25, 0.3) is 0 Å². The summed E-state index contributed by atoms with van der Waals surface area (Å²) in [6.45, 7) is 2.99. The van der Waals surface area contributed by atoms with Gasteiger partial charge in [-0.25, -0.2) is 0 Å². The molecule has 7 heteroatoms. The number of hydrogen-bond donors (Lipinski definition) is 2. The van der Waals surface area contributed by atoms with E-state index in [0.717, 1.165) is 18.6 Å². The Morgan fingerprint density at radius 1 is 1.60 bits per heavy atom. The van der Waals surface area contributed by atoms with Crippen LogP contribution in [-0.2, 0) is 4.74 Å². The molecule has 1 amide bonds. The summed E-state index contributed by atoms with van der Waals surface area (Å²) in [6, 6.07) is 3.40. The van der Waals surface area contributed by atoms with Crippen LogP contribution in [-0.4, -0.2) is 35.2 Å². The minimum absolute atomic E-state index is 0.0643. The minimum Gasteiger partial charge on any atom is -0.508 e. The van der Waals surface area contributed by atoms with E-state index >= 15 is 0 Å². The molecular weight excluding hydrogens is 264 g/mol. The zero-order valence-electron chi connectivity index (χ0n) is 11.0. The lowest BCUT2D eigenvalue weighted by Crippen LogP contribution is -2.32. The Morgan fingerprint density at radius 3 is 2.95 bits per heavy atom. The number of ether oxygens (including phenoxy) is 1. The molecule has 1 aliphatic rings. The summed E-state index contributed by atoms with van der Waals surface area (Å²) in [4.78, 5) is 22.2. The third kappa shape index (κ3) is 3.05. The van der Waals surface area contributed by atoms with Crippen molar-refractivity contribution in [2.45, 2.75) is 19.4 Å². The second-order valence-electron chi connectivity index (χ2n) is 4.79. The van der Waals surface area contributed by atoms with E-state index < -0.39 is 10.8 Å². The van der Waals surface area contributed by atoms with Gasteiger partial charge in [0.1, 0.15) is 11.3 Å². The van der Waals surface area contributed by atoms with Gasteiger partial charge in [-0.3, -0.25) is 14.9 Å². The van der Waals surface area contributed by atoms with Gasteiger partial charge in [0.25, 0.3) is 11.6 Å². The van der Waals surface area contributed by atoms with E-state index in [0.29, 0.717) is 13.2 Å². The first-order valence-electron chi connectivity index (χ1n) is 6.36. The van der Waals surface area contributed by atoms with Crippen molar-refractivity contribution in [1.29, 1.82) is 0 Å². The Bertz CT molecular complexity index is 531. The van der Waals surface area contributed by atoms with Gasteiger partial charge < -0.3 is 15.2 Å². The van der Waals surface area contributed by atoms with Crippen LogP contribution in [0, 0.1) is 16.0 Å². The fourth-order valence-corrected chi connectivity index (χ4v) is 2.23.